The molecule has 2 saturated heterocycles. The van der Waals surface area contributed by atoms with Crippen LogP contribution in [0.4, 0.5) is 21.0 Å². The number of carbonyl (C=O) groups excluding carboxylic acids is 2. The topological polar surface area (TPSA) is 143 Å². The van der Waals surface area contributed by atoms with Crippen LogP contribution in [-0.2, 0) is 9.47 Å². The van der Waals surface area contributed by atoms with Crippen molar-refractivity contribution in [2.45, 2.75) is 51.0 Å². The predicted octanol–water partition coefficient (Wildman–Crippen LogP) is 10.2. The molecule has 2 atom stereocenters. The van der Waals surface area contributed by atoms with Crippen molar-refractivity contribution >= 4 is 57.4 Å². The maximum atomic E-state index is 12.8. The van der Waals surface area contributed by atoms with Crippen molar-refractivity contribution < 1.29 is 19.1 Å². The number of carbonyl (C=O) groups is 2. The monoisotopic (exact) mass is 919 g/mol. The molecule has 302 valence electrons. The summed E-state index contributed by atoms with van der Waals surface area (Å²) in [6.07, 6.45) is 3.03. The molecule has 2 fully saturated rings. The molecule has 4 aromatic heterocycles. The van der Waals surface area contributed by atoms with Crippen molar-refractivity contribution in [3.05, 3.63) is 166 Å². The Bertz CT molecular complexity index is 2960. The summed E-state index contributed by atoms with van der Waals surface area (Å²) in [7, 11) is 0. The molecule has 0 saturated carbocycles. The number of pyridine rings is 2. The molecule has 2 aliphatic heterocycles. The molecule has 2 aliphatic rings. The number of fused-ring (bicyclic) bond motifs is 2. The molecule has 14 heteroatoms. The Labute approximate surface area is 365 Å². The Balaban J connectivity index is 0.000000156. The van der Waals surface area contributed by atoms with Gasteiger partial charge in [-0.3, -0.25) is 18.6 Å². The van der Waals surface area contributed by atoms with Crippen LogP contribution in [0.1, 0.15) is 56.5 Å². The number of nitrogens with zero attached hydrogens (tertiary/aromatic N) is 9. The lowest BCUT2D eigenvalue weighted by molar-refractivity contribution is 0.0676. The Kier molecular flexibility index (Phi) is 9.99. The third-order valence-corrected chi connectivity index (χ3v) is 11.5. The van der Waals surface area contributed by atoms with Crippen LogP contribution in [0.15, 0.2) is 146 Å². The SMILES string of the molecule is CC1(C)OC(=O)N(c2ccc(-c3nnc4cc(C#N)ccn34)cc2)[C@H]1c1ccccc1.CC1(C)OC(=O)N(c2ccc(-c3nnc4cc(I)ccn34)cc2)[C@H]1c1ccccc1. The highest BCUT2D eigenvalue weighted by molar-refractivity contribution is 14.1. The van der Waals surface area contributed by atoms with Gasteiger partial charge in [-0.15, -0.1) is 20.4 Å². The van der Waals surface area contributed by atoms with E-state index >= 15 is 0 Å². The normalized spacial score (nSPS) is 17.8. The minimum atomic E-state index is -0.668. The van der Waals surface area contributed by atoms with Gasteiger partial charge in [-0.1, -0.05) is 60.7 Å². The van der Waals surface area contributed by atoms with Crippen LogP contribution < -0.4 is 9.80 Å². The lowest BCUT2D eigenvalue weighted by Crippen LogP contribution is -2.33. The molecular weight excluding hydrogens is 881 g/mol. The zero-order valence-electron chi connectivity index (χ0n) is 33.5. The summed E-state index contributed by atoms with van der Waals surface area (Å²) in [5.74, 6) is 1.42. The summed E-state index contributed by atoms with van der Waals surface area (Å²) in [5.41, 5.74) is 5.98. The maximum Gasteiger partial charge on any atom is 0.415 e. The van der Waals surface area contributed by atoms with Crippen molar-refractivity contribution in [3.8, 4) is 28.8 Å². The van der Waals surface area contributed by atoms with Crippen LogP contribution in [-0.4, -0.2) is 52.6 Å². The van der Waals surface area contributed by atoms with Gasteiger partial charge in [0.1, 0.15) is 23.3 Å². The number of hydrogen-bond donors (Lipinski definition) is 0. The van der Waals surface area contributed by atoms with E-state index in [4.69, 9.17) is 14.7 Å². The van der Waals surface area contributed by atoms with Gasteiger partial charge in [0.2, 0.25) is 0 Å². The molecule has 0 N–H and O–H groups in total. The van der Waals surface area contributed by atoms with E-state index in [0.717, 1.165) is 48.7 Å². The van der Waals surface area contributed by atoms with Gasteiger partial charge in [-0.2, -0.15) is 5.26 Å². The molecule has 0 unspecified atom stereocenters. The van der Waals surface area contributed by atoms with E-state index in [0.29, 0.717) is 17.0 Å². The summed E-state index contributed by atoms with van der Waals surface area (Å²) in [6, 6.07) is 44.3. The number of rotatable bonds is 6. The predicted molar refractivity (Wildman–Crippen MR) is 239 cm³/mol. The highest BCUT2D eigenvalue weighted by Crippen LogP contribution is 2.45. The Hall–Kier alpha value is -7.12. The maximum absolute atomic E-state index is 12.8. The van der Waals surface area contributed by atoms with E-state index in [-0.39, 0.29) is 24.3 Å². The van der Waals surface area contributed by atoms with Crippen molar-refractivity contribution in [1.29, 1.82) is 5.26 Å². The molecule has 0 bridgehead atoms. The highest BCUT2D eigenvalue weighted by atomic mass is 127. The second-order valence-corrected chi connectivity index (χ2v) is 17.0. The minimum absolute atomic E-state index is 0.215. The van der Waals surface area contributed by atoms with Crippen LogP contribution in [0.2, 0.25) is 0 Å². The van der Waals surface area contributed by atoms with Gasteiger partial charge in [0, 0.05) is 44.5 Å². The van der Waals surface area contributed by atoms with Crippen molar-refractivity contribution in [2.75, 3.05) is 9.80 Å². The summed E-state index contributed by atoms with van der Waals surface area (Å²) in [4.78, 5) is 29.0. The van der Waals surface area contributed by atoms with Crippen LogP contribution in [0.5, 0.6) is 0 Å². The van der Waals surface area contributed by atoms with E-state index in [2.05, 4.69) is 49.1 Å². The van der Waals surface area contributed by atoms with Crippen LogP contribution >= 0.6 is 22.6 Å². The van der Waals surface area contributed by atoms with Gasteiger partial charge in [-0.05, 0) is 128 Å². The second-order valence-electron chi connectivity index (χ2n) is 15.8. The third-order valence-electron chi connectivity index (χ3n) is 10.9. The first kappa shape index (κ1) is 39.3. The molecular formula is C47H38IN9O4. The number of ether oxygens (including phenoxy) is 2. The third kappa shape index (κ3) is 7.31. The molecule has 13 nitrogen and oxygen atoms in total. The first-order valence-corrected chi connectivity index (χ1v) is 20.6. The van der Waals surface area contributed by atoms with Gasteiger partial charge in [0.05, 0.1) is 11.6 Å². The molecule has 8 aromatic rings. The average Bonchev–Trinajstić information content (AvgIpc) is 4.00. The van der Waals surface area contributed by atoms with Crippen molar-refractivity contribution in [3.63, 3.8) is 0 Å². The Morgan fingerprint density at radius 1 is 0.574 bits per heavy atom. The Morgan fingerprint density at radius 2 is 1.00 bits per heavy atom. The summed E-state index contributed by atoms with van der Waals surface area (Å²) >= 11 is 2.26. The van der Waals surface area contributed by atoms with Crippen molar-refractivity contribution in [2.24, 2.45) is 0 Å². The molecule has 4 aromatic carbocycles. The number of halogens is 1. The van der Waals surface area contributed by atoms with Gasteiger partial charge in [-0.25, -0.2) is 9.59 Å². The van der Waals surface area contributed by atoms with Crippen LogP contribution in [0.25, 0.3) is 34.1 Å². The number of cyclic esters (lactones) is 2. The lowest BCUT2D eigenvalue weighted by Gasteiger charge is -2.29. The zero-order chi connectivity index (χ0) is 42.5. The molecule has 61 heavy (non-hydrogen) atoms. The minimum Gasteiger partial charge on any atom is -0.441 e. The highest BCUT2D eigenvalue weighted by Gasteiger charge is 2.50. The zero-order valence-corrected chi connectivity index (χ0v) is 35.7. The largest absolute Gasteiger partial charge is 0.441 e. The smallest absolute Gasteiger partial charge is 0.415 e. The first-order valence-electron chi connectivity index (χ1n) is 19.5. The standard InChI is InChI=1S/C24H19N5O2.C23H19IN4O2/c1-24(2)21(17-6-4-3-5-7-17)29(23(30)31-24)19-10-8-18(9-11-19)22-27-26-20-14-16(15-25)12-13-28(20)22;1-23(2)20(15-6-4-3-5-7-15)28(22(29)30-23)18-10-8-16(9-11-18)21-26-25-19-14-17(24)12-13-27(19)21/h3-14,21H,1-2H3;3-14,20H,1-2H3/t21-;20-/m00/s1. The number of anilines is 2. The van der Waals surface area contributed by atoms with Gasteiger partial charge < -0.3 is 9.47 Å². The van der Waals surface area contributed by atoms with E-state index < -0.39 is 11.2 Å². The van der Waals surface area contributed by atoms with Gasteiger partial charge in [0.15, 0.2) is 22.9 Å². The molecule has 2 amide bonds. The van der Waals surface area contributed by atoms with Gasteiger partial charge in [0.25, 0.3) is 0 Å². The fourth-order valence-corrected chi connectivity index (χ4v) is 8.57. The molecule has 0 aliphatic carbocycles. The van der Waals surface area contributed by atoms with E-state index in [1.54, 1.807) is 28.1 Å². The quantitative estimate of drug-likeness (QED) is 0.149. The fraction of sp³-hybridized carbons (Fsp3) is 0.170. The molecule has 6 heterocycles. The number of nitriles is 1. The van der Waals surface area contributed by atoms with Crippen LogP contribution in [0.3, 0.4) is 0 Å². The second kappa shape index (κ2) is 15.5. The van der Waals surface area contributed by atoms with Crippen LogP contribution in [0, 0.1) is 14.9 Å². The molecule has 0 spiro atoms. The average molecular weight is 920 g/mol. The van der Waals surface area contributed by atoms with Gasteiger partial charge >= 0.3 is 12.2 Å². The van der Waals surface area contributed by atoms with Crippen molar-refractivity contribution in [1.82, 2.24) is 29.2 Å². The number of aromatic nitrogens is 6. The molecule has 10 rings (SSSR count). The number of benzene rings is 4. The number of hydrogen-bond acceptors (Lipinski definition) is 9. The lowest BCUT2D eigenvalue weighted by atomic mass is 9.91. The van der Waals surface area contributed by atoms with E-state index in [1.807, 2.05) is 164 Å². The summed E-state index contributed by atoms with van der Waals surface area (Å²) < 4.78 is 16.3. The molecule has 0 radical (unpaired) electrons. The fourth-order valence-electron chi connectivity index (χ4n) is 8.14. The summed E-state index contributed by atoms with van der Waals surface area (Å²) in [6.45, 7) is 7.74. The first-order chi connectivity index (χ1) is 29.4. The summed E-state index contributed by atoms with van der Waals surface area (Å²) in [5, 5.41) is 26.1. The van der Waals surface area contributed by atoms with E-state index in [9.17, 15) is 9.59 Å². The number of amides is 2. The Morgan fingerprint density at radius 3 is 1.44 bits per heavy atom. The van der Waals surface area contributed by atoms with E-state index in [1.165, 1.54) is 0 Å².